The Kier molecular flexibility index (Phi) is 4.09. The van der Waals surface area contributed by atoms with Gasteiger partial charge in [-0.2, -0.15) is 0 Å². The summed E-state index contributed by atoms with van der Waals surface area (Å²) in [7, 11) is 0. The average molecular weight is 259 g/mol. The molecule has 1 aliphatic rings. The van der Waals surface area contributed by atoms with Crippen molar-refractivity contribution in [1.82, 2.24) is 4.90 Å². The number of rotatable bonds is 3. The molecule has 0 N–H and O–H groups in total. The molecule has 1 rings (SSSR count). The van der Waals surface area contributed by atoms with Crippen LogP contribution in [0.2, 0.25) is 0 Å². The molecule has 4 nitrogen and oxygen atoms in total. The molecular formula is C10H13NO3S2. The predicted octanol–water partition coefficient (Wildman–Crippen LogP) is 1.91. The number of carbonyl (C=O) groups excluding carboxylic acids is 2. The van der Waals surface area contributed by atoms with Crippen LogP contribution in [-0.2, 0) is 14.3 Å². The van der Waals surface area contributed by atoms with Crippen LogP contribution >= 0.6 is 24.0 Å². The predicted molar refractivity (Wildman–Crippen MR) is 66.6 cm³/mol. The van der Waals surface area contributed by atoms with E-state index in [-0.39, 0.29) is 18.1 Å². The van der Waals surface area contributed by atoms with Crippen molar-refractivity contribution in [2.24, 2.45) is 5.41 Å². The minimum Gasteiger partial charge on any atom is -0.446 e. The van der Waals surface area contributed by atoms with Crippen molar-refractivity contribution >= 4 is 40.7 Å². The van der Waals surface area contributed by atoms with Crippen molar-refractivity contribution in [2.45, 2.75) is 20.8 Å². The number of nitrogens with zero attached hydrogens (tertiary/aromatic N) is 1. The number of allylic oxidation sites excluding steroid dienone is 1. The van der Waals surface area contributed by atoms with E-state index in [2.05, 4.69) is 4.74 Å². The maximum atomic E-state index is 11.9. The average Bonchev–Trinajstić information content (AvgIpc) is 2.37. The Morgan fingerprint density at radius 1 is 1.50 bits per heavy atom. The Balaban J connectivity index is 2.82. The lowest BCUT2D eigenvalue weighted by molar-refractivity contribution is -0.135. The molecule has 16 heavy (non-hydrogen) atoms. The van der Waals surface area contributed by atoms with Gasteiger partial charge < -0.3 is 4.74 Å². The number of thioether (sulfide) groups is 1. The van der Waals surface area contributed by atoms with Gasteiger partial charge in [0.25, 0.3) is 12.4 Å². The van der Waals surface area contributed by atoms with Gasteiger partial charge in [-0.25, -0.2) is 0 Å². The topological polar surface area (TPSA) is 46.6 Å². The zero-order valence-electron chi connectivity index (χ0n) is 9.35. The SMILES string of the molecule is CC(C)(C)/C=C1/SC(=S)N(COC=O)C1=O. The fraction of sp³-hybridized carbons (Fsp3) is 0.500. The molecule has 88 valence electrons. The fourth-order valence-electron chi connectivity index (χ4n) is 1.11. The minimum absolute atomic E-state index is 0.0882. The largest absolute Gasteiger partial charge is 0.446 e. The molecule has 0 spiro atoms. The number of carbonyl (C=O) groups is 2. The third-order valence-electron chi connectivity index (χ3n) is 1.71. The second-order valence-corrected chi connectivity index (χ2v) is 6.04. The van der Waals surface area contributed by atoms with Crippen LogP contribution in [0.4, 0.5) is 0 Å². The molecule has 0 aromatic heterocycles. The summed E-state index contributed by atoms with van der Waals surface area (Å²) >= 11 is 6.26. The minimum atomic E-state index is -0.202. The van der Waals surface area contributed by atoms with E-state index in [0.717, 1.165) is 0 Å². The molecule has 0 aliphatic carbocycles. The van der Waals surface area contributed by atoms with Gasteiger partial charge in [0.1, 0.15) is 0 Å². The highest BCUT2D eigenvalue weighted by atomic mass is 32.2. The number of amides is 1. The first kappa shape index (κ1) is 13.2. The first-order valence-electron chi connectivity index (χ1n) is 4.67. The highest BCUT2D eigenvalue weighted by molar-refractivity contribution is 8.26. The summed E-state index contributed by atoms with van der Waals surface area (Å²) in [4.78, 5) is 23.8. The van der Waals surface area contributed by atoms with Gasteiger partial charge in [-0.1, -0.05) is 50.8 Å². The van der Waals surface area contributed by atoms with E-state index >= 15 is 0 Å². The molecule has 6 heteroatoms. The van der Waals surface area contributed by atoms with E-state index in [9.17, 15) is 9.59 Å². The van der Waals surface area contributed by atoms with Gasteiger partial charge in [-0.3, -0.25) is 14.5 Å². The summed E-state index contributed by atoms with van der Waals surface area (Å²) in [5, 5.41) is 0. The van der Waals surface area contributed by atoms with E-state index in [1.165, 1.54) is 16.7 Å². The van der Waals surface area contributed by atoms with Crippen LogP contribution in [0.3, 0.4) is 0 Å². The number of thiocarbonyl (C=S) groups is 1. The third-order valence-corrected chi connectivity index (χ3v) is 3.09. The molecule has 0 atom stereocenters. The maximum absolute atomic E-state index is 11.9. The maximum Gasteiger partial charge on any atom is 0.294 e. The van der Waals surface area contributed by atoms with Gasteiger partial charge in [0, 0.05) is 0 Å². The summed E-state index contributed by atoms with van der Waals surface area (Å²) < 4.78 is 4.95. The van der Waals surface area contributed by atoms with Crippen LogP contribution in [0.5, 0.6) is 0 Å². The molecule has 1 aliphatic heterocycles. The molecule has 1 heterocycles. The normalized spacial score (nSPS) is 19.4. The second-order valence-electron chi connectivity index (χ2n) is 4.37. The van der Waals surface area contributed by atoms with Crippen LogP contribution in [0.25, 0.3) is 0 Å². The van der Waals surface area contributed by atoms with E-state index in [1.807, 2.05) is 26.8 Å². The Labute approximate surface area is 104 Å². The lowest BCUT2D eigenvalue weighted by Crippen LogP contribution is -2.30. The third kappa shape index (κ3) is 3.31. The van der Waals surface area contributed by atoms with E-state index in [1.54, 1.807) is 0 Å². The van der Waals surface area contributed by atoms with Gasteiger partial charge in [-0.05, 0) is 5.41 Å². The van der Waals surface area contributed by atoms with Crippen LogP contribution in [0.15, 0.2) is 11.0 Å². The quantitative estimate of drug-likeness (QED) is 0.440. The van der Waals surface area contributed by atoms with Gasteiger partial charge in [0.2, 0.25) is 0 Å². The molecule has 0 unspecified atom stereocenters. The van der Waals surface area contributed by atoms with E-state index in [4.69, 9.17) is 12.2 Å². The fourth-order valence-corrected chi connectivity index (χ4v) is 2.56. The van der Waals surface area contributed by atoms with Crippen molar-refractivity contribution in [3.63, 3.8) is 0 Å². The van der Waals surface area contributed by atoms with Crippen molar-refractivity contribution in [1.29, 1.82) is 0 Å². The molecule has 1 saturated heterocycles. The molecular weight excluding hydrogens is 246 g/mol. The van der Waals surface area contributed by atoms with Crippen molar-refractivity contribution in [3.8, 4) is 0 Å². The molecule has 0 aromatic carbocycles. The highest BCUT2D eigenvalue weighted by Gasteiger charge is 2.33. The van der Waals surface area contributed by atoms with Crippen molar-refractivity contribution < 1.29 is 14.3 Å². The monoisotopic (exact) mass is 259 g/mol. The Morgan fingerprint density at radius 3 is 2.62 bits per heavy atom. The number of ether oxygens (including phenoxy) is 1. The zero-order valence-corrected chi connectivity index (χ0v) is 11.0. The van der Waals surface area contributed by atoms with Crippen LogP contribution < -0.4 is 0 Å². The summed E-state index contributed by atoms with van der Waals surface area (Å²) in [6.45, 7) is 6.19. The van der Waals surface area contributed by atoms with E-state index in [0.29, 0.717) is 15.7 Å². The first-order valence-corrected chi connectivity index (χ1v) is 5.89. The lowest BCUT2D eigenvalue weighted by Gasteiger charge is -2.13. The standard InChI is InChI=1S/C10H13NO3S2/c1-10(2,3)4-7-8(13)11(5-14-6-12)9(15)16-7/h4,6H,5H2,1-3H3/b7-4+. The summed E-state index contributed by atoms with van der Waals surface area (Å²) in [5.74, 6) is -0.202. The smallest absolute Gasteiger partial charge is 0.294 e. The molecule has 0 bridgehead atoms. The van der Waals surface area contributed by atoms with Gasteiger partial charge >= 0.3 is 0 Å². The van der Waals surface area contributed by atoms with Gasteiger partial charge in [-0.15, -0.1) is 0 Å². The molecule has 0 saturated carbocycles. The van der Waals surface area contributed by atoms with Crippen molar-refractivity contribution in [2.75, 3.05) is 6.73 Å². The lowest BCUT2D eigenvalue weighted by atomic mass is 9.96. The molecule has 0 radical (unpaired) electrons. The van der Waals surface area contributed by atoms with Gasteiger partial charge in [0.05, 0.1) is 4.91 Å². The first-order chi connectivity index (χ1) is 7.35. The van der Waals surface area contributed by atoms with E-state index < -0.39 is 0 Å². The highest BCUT2D eigenvalue weighted by Crippen LogP contribution is 2.33. The Morgan fingerprint density at radius 2 is 2.12 bits per heavy atom. The van der Waals surface area contributed by atoms with Crippen LogP contribution in [0.1, 0.15) is 20.8 Å². The number of hydrogen-bond acceptors (Lipinski definition) is 5. The second kappa shape index (κ2) is 4.97. The number of hydrogen-bond donors (Lipinski definition) is 0. The Bertz CT molecular complexity index is 358. The molecule has 0 aromatic rings. The zero-order chi connectivity index (χ0) is 12.3. The van der Waals surface area contributed by atoms with Crippen LogP contribution in [-0.4, -0.2) is 28.3 Å². The summed E-state index contributed by atoms with van der Waals surface area (Å²) in [6.07, 6.45) is 1.87. The van der Waals surface area contributed by atoms with Crippen molar-refractivity contribution in [3.05, 3.63) is 11.0 Å². The Hall–Kier alpha value is -0.880. The van der Waals surface area contributed by atoms with Crippen LogP contribution in [0, 0.1) is 5.41 Å². The summed E-state index contributed by atoms with van der Waals surface area (Å²) in [6, 6.07) is 0. The molecule has 1 fully saturated rings. The van der Waals surface area contributed by atoms with Gasteiger partial charge in [0.15, 0.2) is 11.1 Å². The summed E-state index contributed by atoms with van der Waals surface area (Å²) in [5.41, 5.74) is -0.0882. The molecule has 1 amide bonds.